The first-order valence-electron chi connectivity index (χ1n) is 9.16. The molecule has 0 spiro atoms. The molecule has 1 atom stereocenters. The summed E-state index contributed by atoms with van der Waals surface area (Å²) >= 11 is 0. The quantitative estimate of drug-likeness (QED) is 0.535. The first kappa shape index (κ1) is 18.0. The van der Waals surface area contributed by atoms with E-state index in [0.29, 0.717) is 42.6 Å². The van der Waals surface area contributed by atoms with Crippen molar-refractivity contribution in [2.75, 3.05) is 30.9 Å². The van der Waals surface area contributed by atoms with Crippen LogP contribution in [0.4, 0.5) is 5.82 Å². The fourth-order valence-corrected chi connectivity index (χ4v) is 4.29. The number of anilines is 1. The summed E-state index contributed by atoms with van der Waals surface area (Å²) in [5, 5.41) is 0.859. The van der Waals surface area contributed by atoms with Crippen molar-refractivity contribution >= 4 is 38.0 Å². The van der Waals surface area contributed by atoms with Crippen molar-refractivity contribution in [1.82, 2.24) is 28.9 Å². The van der Waals surface area contributed by atoms with Crippen LogP contribution in [-0.4, -0.2) is 69.4 Å². The smallest absolute Gasteiger partial charge is 0.238 e. The lowest BCUT2D eigenvalue weighted by molar-refractivity contribution is 0.0987. The fraction of sp³-hybridized carbons (Fsp3) is 0.333. The highest BCUT2D eigenvalue weighted by molar-refractivity contribution is 7.89. The molecule has 1 aliphatic rings. The van der Waals surface area contributed by atoms with Crippen molar-refractivity contribution in [3.8, 4) is 11.4 Å². The van der Waals surface area contributed by atoms with E-state index in [2.05, 4.69) is 24.8 Å². The van der Waals surface area contributed by atoms with Crippen LogP contribution in [0.5, 0.6) is 0 Å². The standard InChI is InChI=1S/C18H19N7O3S/c1-11-9-28-8-7-24(11)17-14-18(25(10-21-14)29(2,26)27)23-16(22-17)13-4-6-20-15-12(13)3-5-19-15/h3-6,10-11H,7-9H2,1-2H3,(H,19,20). The molecule has 4 aromatic heterocycles. The van der Waals surface area contributed by atoms with Crippen molar-refractivity contribution in [3.05, 3.63) is 30.9 Å². The zero-order valence-corrected chi connectivity index (χ0v) is 16.7. The number of fused-ring (bicyclic) bond motifs is 2. The Morgan fingerprint density at radius 3 is 2.90 bits per heavy atom. The molecule has 1 unspecified atom stereocenters. The first-order valence-corrected chi connectivity index (χ1v) is 11.0. The molecule has 1 N–H and O–H groups in total. The largest absolute Gasteiger partial charge is 0.377 e. The predicted octanol–water partition coefficient (Wildman–Crippen LogP) is 1.40. The molecule has 0 aromatic carbocycles. The maximum Gasteiger partial charge on any atom is 0.238 e. The van der Waals surface area contributed by atoms with Crippen molar-refractivity contribution < 1.29 is 13.2 Å². The Hall–Kier alpha value is -3.05. The van der Waals surface area contributed by atoms with Crippen molar-refractivity contribution in [3.63, 3.8) is 0 Å². The summed E-state index contributed by atoms with van der Waals surface area (Å²) in [7, 11) is -3.58. The fourth-order valence-electron chi connectivity index (χ4n) is 3.63. The molecule has 5 rings (SSSR count). The van der Waals surface area contributed by atoms with E-state index in [9.17, 15) is 8.42 Å². The molecule has 0 aliphatic carbocycles. The molecule has 1 fully saturated rings. The Balaban J connectivity index is 1.82. The SMILES string of the molecule is CC1COCCN1c1nc(-c2ccnc3[nH]ccc23)nc2c1ncn2S(C)(=O)=O. The summed E-state index contributed by atoms with van der Waals surface area (Å²) in [6.45, 7) is 3.80. The summed E-state index contributed by atoms with van der Waals surface area (Å²) in [6.07, 6.45) is 5.88. The van der Waals surface area contributed by atoms with Crippen LogP contribution in [0.15, 0.2) is 30.9 Å². The topological polar surface area (TPSA) is 119 Å². The predicted molar refractivity (Wildman–Crippen MR) is 108 cm³/mol. The molecule has 29 heavy (non-hydrogen) atoms. The van der Waals surface area contributed by atoms with Gasteiger partial charge in [0.2, 0.25) is 10.0 Å². The molecule has 4 aromatic rings. The third-order valence-corrected chi connectivity index (χ3v) is 6.03. The maximum atomic E-state index is 12.3. The molecule has 0 bridgehead atoms. The van der Waals surface area contributed by atoms with Crippen LogP contribution in [0.1, 0.15) is 6.92 Å². The lowest BCUT2D eigenvalue weighted by Crippen LogP contribution is -2.44. The molecule has 0 radical (unpaired) electrons. The van der Waals surface area contributed by atoms with Gasteiger partial charge in [0.05, 0.1) is 25.5 Å². The Labute approximate surface area is 166 Å². The molecule has 1 aliphatic heterocycles. The van der Waals surface area contributed by atoms with Gasteiger partial charge in [-0.15, -0.1) is 0 Å². The molecule has 150 valence electrons. The van der Waals surface area contributed by atoms with Crippen molar-refractivity contribution in [2.24, 2.45) is 0 Å². The number of hydrogen-bond donors (Lipinski definition) is 1. The highest BCUT2D eigenvalue weighted by Gasteiger charge is 2.27. The van der Waals surface area contributed by atoms with Crippen LogP contribution in [0.3, 0.4) is 0 Å². The summed E-state index contributed by atoms with van der Waals surface area (Å²) in [5.41, 5.74) is 2.18. The molecule has 0 amide bonds. The monoisotopic (exact) mass is 413 g/mol. The lowest BCUT2D eigenvalue weighted by atomic mass is 10.1. The molecule has 11 heteroatoms. The van der Waals surface area contributed by atoms with Crippen LogP contribution < -0.4 is 4.90 Å². The van der Waals surface area contributed by atoms with Gasteiger partial charge in [0.25, 0.3) is 0 Å². The number of aromatic nitrogens is 6. The summed E-state index contributed by atoms with van der Waals surface area (Å²) in [6, 6.07) is 3.80. The number of aromatic amines is 1. The minimum Gasteiger partial charge on any atom is -0.377 e. The summed E-state index contributed by atoms with van der Waals surface area (Å²) < 4.78 is 31.2. The van der Waals surface area contributed by atoms with E-state index in [0.717, 1.165) is 21.2 Å². The summed E-state index contributed by atoms with van der Waals surface area (Å²) in [4.78, 5) is 23.2. The number of nitrogens with one attached hydrogen (secondary N) is 1. The normalized spacial score (nSPS) is 18.0. The number of H-pyrrole nitrogens is 1. The van der Waals surface area contributed by atoms with Gasteiger partial charge in [0, 0.05) is 29.9 Å². The Morgan fingerprint density at radius 1 is 1.24 bits per heavy atom. The number of hydrogen-bond acceptors (Lipinski definition) is 8. The van der Waals surface area contributed by atoms with Crippen LogP contribution in [0.2, 0.25) is 0 Å². The highest BCUT2D eigenvalue weighted by atomic mass is 32.2. The molecular formula is C18H19N7O3S. The number of nitrogens with zero attached hydrogens (tertiary/aromatic N) is 6. The van der Waals surface area contributed by atoms with Crippen LogP contribution in [0, 0.1) is 0 Å². The second-order valence-corrected chi connectivity index (χ2v) is 8.92. The van der Waals surface area contributed by atoms with Crippen LogP contribution in [-0.2, 0) is 14.8 Å². The molecule has 10 nitrogen and oxygen atoms in total. The lowest BCUT2D eigenvalue weighted by Gasteiger charge is -2.34. The van der Waals surface area contributed by atoms with Gasteiger partial charge >= 0.3 is 0 Å². The Bertz CT molecular complexity index is 1330. The molecule has 0 saturated carbocycles. The third kappa shape index (κ3) is 2.93. The van der Waals surface area contributed by atoms with Gasteiger partial charge in [-0.3, -0.25) is 0 Å². The number of morpholine rings is 1. The van der Waals surface area contributed by atoms with Crippen LogP contribution >= 0.6 is 0 Å². The van der Waals surface area contributed by atoms with E-state index in [1.165, 1.54) is 6.33 Å². The van der Waals surface area contributed by atoms with Crippen LogP contribution in [0.25, 0.3) is 33.6 Å². The molecular weight excluding hydrogens is 394 g/mol. The molecule has 1 saturated heterocycles. The van der Waals surface area contributed by atoms with E-state index in [4.69, 9.17) is 9.72 Å². The Morgan fingerprint density at radius 2 is 2.10 bits per heavy atom. The van der Waals surface area contributed by atoms with E-state index >= 15 is 0 Å². The van der Waals surface area contributed by atoms with E-state index in [1.54, 1.807) is 12.4 Å². The average Bonchev–Trinajstić information content (AvgIpc) is 3.34. The van der Waals surface area contributed by atoms with Gasteiger partial charge < -0.3 is 14.6 Å². The van der Waals surface area contributed by atoms with Gasteiger partial charge in [0.1, 0.15) is 12.0 Å². The highest BCUT2D eigenvalue weighted by Crippen LogP contribution is 2.31. The second-order valence-electron chi connectivity index (χ2n) is 7.06. The van der Waals surface area contributed by atoms with Crippen molar-refractivity contribution in [2.45, 2.75) is 13.0 Å². The minimum atomic E-state index is -3.58. The number of ether oxygens (including phenoxy) is 1. The van der Waals surface area contributed by atoms with E-state index in [-0.39, 0.29) is 11.7 Å². The van der Waals surface area contributed by atoms with E-state index < -0.39 is 10.0 Å². The van der Waals surface area contributed by atoms with Crippen molar-refractivity contribution in [1.29, 1.82) is 0 Å². The van der Waals surface area contributed by atoms with Gasteiger partial charge in [0.15, 0.2) is 22.8 Å². The minimum absolute atomic E-state index is 0.0720. The number of rotatable bonds is 3. The average molecular weight is 413 g/mol. The zero-order chi connectivity index (χ0) is 20.2. The second kappa shape index (κ2) is 6.49. The Kier molecular flexibility index (Phi) is 4.03. The third-order valence-electron chi connectivity index (χ3n) is 5.05. The molecule has 5 heterocycles. The van der Waals surface area contributed by atoms with Gasteiger partial charge in [-0.1, -0.05) is 0 Å². The summed E-state index contributed by atoms with van der Waals surface area (Å²) in [5.74, 6) is 1.02. The van der Waals surface area contributed by atoms with Gasteiger partial charge in [-0.05, 0) is 19.1 Å². The number of pyridine rings is 1. The van der Waals surface area contributed by atoms with E-state index in [1.807, 2.05) is 19.1 Å². The maximum absolute atomic E-state index is 12.3. The van der Waals surface area contributed by atoms with Gasteiger partial charge in [-0.2, -0.15) is 0 Å². The number of imidazole rings is 1. The first-order chi connectivity index (χ1) is 13.9. The van der Waals surface area contributed by atoms with Gasteiger partial charge in [-0.25, -0.2) is 32.3 Å². The zero-order valence-electron chi connectivity index (χ0n) is 15.9.